The van der Waals surface area contributed by atoms with Crippen LogP contribution in [-0.4, -0.2) is 10.5 Å². The Kier molecular flexibility index (Phi) is 4.41. The quantitative estimate of drug-likeness (QED) is 0.677. The van der Waals surface area contributed by atoms with E-state index < -0.39 is 10.5 Å². The van der Waals surface area contributed by atoms with Crippen LogP contribution in [0.5, 0.6) is 0 Å². The van der Waals surface area contributed by atoms with E-state index in [9.17, 15) is 0 Å². The van der Waals surface area contributed by atoms with Crippen LogP contribution in [0.4, 0.5) is 0 Å². The van der Waals surface area contributed by atoms with Gasteiger partial charge in [0.25, 0.3) is 0 Å². The first-order valence-corrected chi connectivity index (χ1v) is 14.8. The standard InChI is InChI=1S/C9H14BrClGe/c1-2-3-8-12(10,11)9-6-4-5-7-9/h4-7,9H,2-3,8H2,1H3. The molecule has 0 aromatic carbocycles. The second kappa shape index (κ2) is 4.87. The fourth-order valence-electron chi connectivity index (χ4n) is 1.29. The summed E-state index contributed by atoms with van der Waals surface area (Å²) in [4.78, 5) is 0. The molecule has 1 aliphatic rings. The minimum atomic E-state index is -2.18. The molecule has 0 spiro atoms. The van der Waals surface area contributed by atoms with Crippen molar-refractivity contribution < 1.29 is 0 Å². The molecule has 12 heavy (non-hydrogen) atoms. The van der Waals surface area contributed by atoms with Crippen LogP contribution in [0, 0.1) is 0 Å². The van der Waals surface area contributed by atoms with Gasteiger partial charge in [-0.05, 0) is 0 Å². The van der Waals surface area contributed by atoms with Crippen molar-refractivity contribution in [2.45, 2.75) is 29.8 Å². The fraction of sp³-hybridized carbons (Fsp3) is 0.556. The Hall–Kier alpha value is 0.793. The van der Waals surface area contributed by atoms with E-state index in [4.69, 9.17) is 10.0 Å². The predicted molar refractivity (Wildman–Crippen MR) is 62.3 cm³/mol. The molecule has 0 saturated carbocycles. The molecule has 0 heterocycles. The molecule has 0 saturated heterocycles. The van der Waals surface area contributed by atoms with Gasteiger partial charge in [-0.2, -0.15) is 0 Å². The molecule has 0 fully saturated rings. The summed E-state index contributed by atoms with van der Waals surface area (Å²) in [5.41, 5.74) is 0. The molecular formula is C9H14BrClGe. The fourth-order valence-corrected chi connectivity index (χ4v) is 9.86. The van der Waals surface area contributed by atoms with Crippen LogP contribution in [0.15, 0.2) is 24.3 Å². The maximum absolute atomic E-state index is 6.52. The van der Waals surface area contributed by atoms with E-state index in [2.05, 4.69) is 45.2 Å². The molecule has 1 aliphatic carbocycles. The molecule has 0 nitrogen and oxygen atoms in total. The van der Waals surface area contributed by atoms with Crippen LogP contribution in [0.2, 0.25) is 10.0 Å². The molecular weight excluding hydrogens is 296 g/mol. The Morgan fingerprint density at radius 1 is 1.42 bits per heavy atom. The van der Waals surface area contributed by atoms with Crippen LogP contribution in [-0.2, 0) is 0 Å². The Balaban J connectivity index is 2.46. The van der Waals surface area contributed by atoms with E-state index in [1.165, 1.54) is 18.1 Å². The van der Waals surface area contributed by atoms with E-state index in [-0.39, 0.29) is 0 Å². The van der Waals surface area contributed by atoms with Crippen LogP contribution < -0.4 is 0 Å². The van der Waals surface area contributed by atoms with Gasteiger partial charge in [0.15, 0.2) is 0 Å². The Labute approximate surface area is 88.2 Å². The van der Waals surface area contributed by atoms with Crippen molar-refractivity contribution in [3.8, 4) is 0 Å². The molecule has 0 amide bonds. The summed E-state index contributed by atoms with van der Waals surface area (Å²) >= 11 is 3.76. The monoisotopic (exact) mass is 310 g/mol. The predicted octanol–water partition coefficient (Wildman–Crippen LogP) is 4.36. The van der Waals surface area contributed by atoms with E-state index in [1.54, 1.807) is 0 Å². The van der Waals surface area contributed by atoms with Crippen molar-refractivity contribution in [3.05, 3.63) is 24.3 Å². The van der Waals surface area contributed by atoms with Gasteiger partial charge in [-0.15, -0.1) is 0 Å². The zero-order valence-electron chi connectivity index (χ0n) is 7.26. The van der Waals surface area contributed by atoms with Gasteiger partial charge in [-0.25, -0.2) is 0 Å². The van der Waals surface area contributed by atoms with E-state index in [0.29, 0.717) is 4.75 Å². The molecule has 1 rings (SSSR count). The van der Waals surface area contributed by atoms with Gasteiger partial charge in [0.05, 0.1) is 0 Å². The van der Waals surface area contributed by atoms with Crippen molar-refractivity contribution in [3.63, 3.8) is 0 Å². The van der Waals surface area contributed by atoms with E-state index >= 15 is 0 Å². The SMILES string of the molecule is CCC[CH2][Ge]([Cl])([Br])[CH]1C=CC=C1. The zero-order valence-corrected chi connectivity index (χ0v) is 11.7. The molecule has 0 aromatic heterocycles. The summed E-state index contributed by atoms with van der Waals surface area (Å²) in [6.07, 6.45) is 11.1. The van der Waals surface area contributed by atoms with Crippen molar-refractivity contribution in [2.24, 2.45) is 0 Å². The number of allylic oxidation sites excluding steroid dienone is 4. The van der Waals surface area contributed by atoms with Gasteiger partial charge in [-0.1, -0.05) is 0 Å². The molecule has 0 aromatic rings. The molecule has 68 valence electrons. The van der Waals surface area contributed by atoms with Crippen LogP contribution in [0.25, 0.3) is 0 Å². The molecule has 1 atom stereocenters. The van der Waals surface area contributed by atoms with Crippen molar-refractivity contribution in [2.75, 3.05) is 0 Å². The first-order valence-electron chi connectivity index (χ1n) is 4.39. The van der Waals surface area contributed by atoms with E-state index in [1.807, 2.05) is 0 Å². The summed E-state index contributed by atoms with van der Waals surface area (Å²) in [7, 11) is 4.34. The van der Waals surface area contributed by atoms with Crippen LogP contribution in [0.1, 0.15) is 19.8 Å². The first-order chi connectivity index (χ1) is 5.67. The second-order valence-corrected chi connectivity index (χ2v) is 22.0. The van der Waals surface area contributed by atoms with Gasteiger partial charge < -0.3 is 0 Å². The average molecular weight is 310 g/mol. The zero-order chi connectivity index (χ0) is 9.03. The number of halogens is 2. The Morgan fingerprint density at radius 3 is 2.50 bits per heavy atom. The van der Waals surface area contributed by atoms with Crippen molar-refractivity contribution in [1.82, 2.24) is 0 Å². The Morgan fingerprint density at radius 2 is 2.00 bits per heavy atom. The van der Waals surface area contributed by atoms with Gasteiger partial charge in [0.1, 0.15) is 0 Å². The summed E-state index contributed by atoms with van der Waals surface area (Å²) < 4.78 is 0.540. The maximum atomic E-state index is 6.52. The third kappa shape index (κ3) is 2.93. The normalized spacial score (nSPS) is 21.6. The molecule has 0 radical (unpaired) electrons. The average Bonchev–Trinajstić information content (AvgIpc) is 2.53. The Bertz CT molecular complexity index is 187. The molecule has 0 aliphatic heterocycles. The van der Waals surface area contributed by atoms with Crippen molar-refractivity contribution in [1.29, 1.82) is 0 Å². The van der Waals surface area contributed by atoms with Crippen molar-refractivity contribution >= 4 is 34.5 Å². The van der Waals surface area contributed by atoms with Crippen LogP contribution >= 0.6 is 24.0 Å². The molecule has 3 heteroatoms. The molecule has 1 unspecified atom stereocenters. The van der Waals surface area contributed by atoms with Crippen LogP contribution in [0.3, 0.4) is 0 Å². The third-order valence-electron chi connectivity index (χ3n) is 2.10. The number of unbranched alkanes of at least 4 members (excludes halogenated alkanes) is 1. The number of hydrogen-bond acceptors (Lipinski definition) is 0. The van der Waals surface area contributed by atoms with Gasteiger partial charge in [0, 0.05) is 0 Å². The van der Waals surface area contributed by atoms with Gasteiger partial charge in [-0.3, -0.25) is 0 Å². The number of rotatable bonds is 4. The van der Waals surface area contributed by atoms with E-state index in [0.717, 1.165) is 0 Å². The van der Waals surface area contributed by atoms with Gasteiger partial charge in [0.2, 0.25) is 0 Å². The molecule has 0 N–H and O–H groups in total. The third-order valence-corrected chi connectivity index (χ3v) is 14.2. The first kappa shape index (κ1) is 10.9. The minimum absolute atomic E-state index is 0.540. The van der Waals surface area contributed by atoms with Gasteiger partial charge >= 0.3 is 88.6 Å². The number of hydrogen-bond donors (Lipinski definition) is 0. The summed E-state index contributed by atoms with van der Waals surface area (Å²) in [6, 6.07) is 0. The second-order valence-electron chi connectivity index (χ2n) is 3.16. The topological polar surface area (TPSA) is 0 Å². The summed E-state index contributed by atoms with van der Waals surface area (Å²) in [5, 5.41) is 1.21. The summed E-state index contributed by atoms with van der Waals surface area (Å²) in [5.74, 6) is 0. The molecule has 0 bridgehead atoms. The summed E-state index contributed by atoms with van der Waals surface area (Å²) in [6.45, 7) is 2.21.